The Morgan fingerprint density at radius 3 is 2.47 bits per heavy atom. The Kier molecular flexibility index (Phi) is 16.6. The van der Waals surface area contributed by atoms with Gasteiger partial charge in [-0.1, -0.05) is 68.4 Å². The number of aliphatic hydroxyl groups is 5. The summed E-state index contributed by atoms with van der Waals surface area (Å²) >= 11 is 0. The van der Waals surface area contributed by atoms with Crippen LogP contribution in [0.5, 0.6) is 0 Å². The number of hydrogen-bond donors (Lipinski definition) is 7. The van der Waals surface area contributed by atoms with E-state index >= 15 is 0 Å². The molecule has 0 aliphatic carbocycles. The Labute approximate surface area is 287 Å². The molecule has 8 N–H and O–H groups in total. The van der Waals surface area contributed by atoms with E-state index in [-0.39, 0.29) is 32.0 Å². The van der Waals surface area contributed by atoms with E-state index in [0.717, 1.165) is 12.8 Å². The van der Waals surface area contributed by atoms with E-state index in [4.69, 9.17) is 29.4 Å². The number of allylic oxidation sites excluding steroid dienone is 6. The van der Waals surface area contributed by atoms with Crippen molar-refractivity contribution in [3.63, 3.8) is 0 Å². The molecule has 49 heavy (non-hydrogen) atoms. The minimum Gasteiger partial charge on any atom is -0.498 e. The topological polar surface area (TPSA) is 228 Å². The van der Waals surface area contributed by atoms with Crippen LogP contribution in [-0.2, 0) is 33.3 Å². The van der Waals surface area contributed by atoms with Gasteiger partial charge in [-0.25, -0.2) is 4.79 Å². The van der Waals surface area contributed by atoms with Gasteiger partial charge in [0.05, 0.1) is 61.6 Å². The van der Waals surface area contributed by atoms with Gasteiger partial charge >= 0.3 is 11.9 Å². The maximum Gasteiger partial charge on any atom is 0.334 e. The van der Waals surface area contributed by atoms with Crippen molar-refractivity contribution < 1.29 is 63.9 Å². The fraction of sp³-hybridized carbons (Fsp3) is 0.657. The number of esters is 1. The smallest absolute Gasteiger partial charge is 0.334 e. The van der Waals surface area contributed by atoms with E-state index in [2.05, 4.69) is 6.92 Å². The van der Waals surface area contributed by atoms with Crippen LogP contribution in [0.4, 0.5) is 0 Å². The molecular weight excluding hydrogens is 642 g/mol. The molecular formula is C35H53NO13. The molecule has 2 saturated heterocycles. The predicted octanol–water partition coefficient (Wildman–Crippen LogP) is 1.50. The lowest BCUT2D eigenvalue weighted by atomic mass is 9.83. The number of fused-ring (bicyclic) bond motifs is 2. The third kappa shape index (κ3) is 13.4. The number of nitrogens with two attached hydrogens (primary N) is 1. The van der Waals surface area contributed by atoms with E-state index in [0.29, 0.717) is 12.8 Å². The van der Waals surface area contributed by atoms with E-state index in [1.54, 1.807) is 43.4 Å². The molecule has 1 unspecified atom stereocenters. The molecule has 3 rings (SSSR count). The van der Waals surface area contributed by atoms with Gasteiger partial charge in [-0.2, -0.15) is 0 Å². The fourth-order valence-electron chi connectivity index (χ4n) is 6.00. The Morgan fingerprint density at radius 1 is 1.04 bits per heavy atom. The van der Waals surface area contributed by atoms with Crippen LogP contribution in [0.15, 0.2) is 60.9 Å². The maximum absolute atomic E-state index is 12.4. The molecule has 276 valence electrons. The van der Waals surface area contributed by atoms with Crippen LogP contribution < -0.4 is 5.73 Å². The molecule has 3 aliphatic rings. The summed E-state index contributed by atoms with van der Waals surface area (Å²) < 4.78 is 28.5. The monoisotopic (exact) mass is 695 g/mol. The second-order valence-electron chi connectivity index (χ2n) is 12.8. The number of carboxylic acid groups (broad SMARTS) is 1. The van der Waals surface area contributed by atoms with Gasteiger partial charge in [0.1, 0.15) is 18.1 Å². The number of aliphatic hydroxyl groups excluding tert-OH is 4. The Bertz CT molecular complexity index is 1190. The van der Waals surface area contributed by atoms with Crippen molar-refractivity contribution in [1.82, 2.24) is 0 Å². The van der Waals surface area contributed by atoms with Gasteiger partial charge in [-0.05, 0) is 13.3 Å². The van der Waals surface area contributed by atoms with Gasteiger partial charge in [-0.3, -0.25) is 4.79 Å². The number of rotatable bonds is 6. The van der Waals surface area contributed by atoms with Gasteiger partial charge < -0.3 is 60.1 Å². The quantitative estimate of drug-likeness (QED) is 0.196. The summed E-state index contributed by atoms with van der Waals surface area (Å²) in [5, 5.41) is 63.7. The van der Waals surface area contributed by atoms with E-state index in [9.17, 15) is 40.2 Å². The second kappa shape index (κ2) is 20.1. The molecule has 3 aliphatic heterocycles. The van der Waals surface area contributed by atoms with Crippen molar-refractivity contribution in [2.75, 3.05) is 6.61 Å². The predicted molar refractivity (Wildman–Crippen MR) is 176 cm³/mol. The number of cyclic esters (lactones) is 1. The van der Waals surface area contributed by atoms with Crippen molar-refractivity contribution in [3.05, 3.63) is 60.9 Å². The van der Waals surface area contributed by atoms with Gasteiger partial charge in [0.2, 0.25) is 0 Å². The van der Waals surface area contributed by atoms with Crippen molar-refractivity contribution >= 4 is 11.9 Å². The normalized spacial score (nSPS) is 42.0. The molecule has 12 atom stereocenters. The van der Waals surface area contributed by atoms with Crippen LogP contribution in [0, 0.1) is 5.92 Å². The van der Waals surface area contributed by atoms with Crippen molar-refractivity contribution in [2.45, 2.75) is 132 Å². The summed E-state index contributed by atoms with van der Waals surface area (Å²) in [6.45, 7) is 3.51. The first-order chi connectivity index (χ1) is 23.3. The lowest BCUT2D eigenvalue weighted by Gasteiger charge is -2.45. The number of carbonyl (C=O) groups is 2. The average Bonchev–Trinajstić information content (AvgIpc) is 3.01. The molecule has 14 heteroatoms. The molecule has 0 radical (unpaired) electrons. The van der Waals surface area contributed by atoms with E-state index in [1.165, 1.54) is 12.3 Å². The van der Waals surface area contributed by atoms with Crippen LogP contribution in [-0.4, -0.2) is 116 Å². The minimum absolute atomic E-state index is 0.00936. The molecule has 0 spiro atoms. The van der Waals surface area contributed by atoms with Crippen molar-refractivity contribution in [1.29, 1.82) is 0 Å². The number of carboxylic acids is 1. The largest absolute Gasteiger partial charge is 0.498 e. The summed E-state index contributed by atoms with van der Waals surface area (Å²) in [7, 11) is 0. The lowest BCUT2D eigenvalue weighted by molar-refractivity contribution is -0.305. The summed E-state index contributed by atoms with van der Waals surface area (Å²) in [4.78, 5) is 24.7. The number of ether oxygens (including phenoxy) is 5. The highest BCUT2D eigenvalue weighted by Gasteiger charge is 2.50. The number of hydrogen-bond acceptors (Lipinski definition) is 13. The third-order valence-electron chi connectivity index (χ3n) is 8.57. The molecule has 2 bridgehead atoms. The summed E-state index contributed by atoms with van der Waals surface area (Å²) in [6, 6.07) is -1.06. The maximum atomic E-state index is 12.4. The highest BCUT2D eigenvalue weighted by atomic mass is 16.7. The zero-order chi connectivity index (χ0) is 36.0. The molecule has 0 saturated carbocycles. The van der Waals surface area contributed by atoms with Crippen LogP contribution >= 0.6 is 0 Å². The van der Waals surface area contributed by atoms with Gasteiger partial charge in [-0.15, -0.1) is 0 Å². The summed E-state index contributed by atoms with van der Waals surface area (Å²) in [5.41, 5.74) is 5.90. The molecule has 3 heterocycles. The first-order valence-corrected chi connectivity index (χ1v) is 16.9. The first kappa shape index (κ1) is 40.5. The molecule has 0 amide bonds. The van der Waals surface area contributed by atoms with Crippen molar-refractivity contribution in [2.24, 2.45) is 11.7 Å². The summed E-state index contributed by atoms with van der Waals surface area (Å²) in [6.07, 6.45) is 8.51. The number of aliphatic carboxylic acids is 1. The SMILES string of the molecule is CCCCC1C/C=C/C=C/C=C/C=C/[C@H](O[C@@H]2OC[C@@H](O)[C@H](N)[C@@H]2O)C[C@@H]2O[C@](O)(C[C@@H](O)C[C@H](C)O/C=C/C(=O)O1)C[C@H](O)[C@H]2C(=O)O. The van der Waals surface area contributed by atoms with Gasteiger partial charge in [0, 0.05) is 32.1 Å². The second-order valence-corrected chi connectivity index (χ2v) is 12.8. The van der Waals surface area contributed by atoms with Gasteiger partial charge in [0.25, 0.3) is 0 Å². The van der Waals surface area contributed by atoms with E-state index < -0.39 is 85.1 Å². The zero-order valence-corrected chi connectivity index (χ0v) is 28.1. The molecule has 14 nitrogen and oxygen atoms in total. The molecule has 0 aromatic heterocycles. The highest BCUT2D eigenvalue weighted by molar-refractivity contribution is 5.81. The molecule has 0 aromatic rings. The highest BCUT2D eigenvalue weighted by Crippen LogP contribution is 2.38. The number of carbonyl (C=O) groups excluding carboxylic acids is 1. The van der Waals surface area contributed by atoms with Crippen LogP contribution in [0.2, 0.25) is 0 Å². The average molecular weight is 696 g/mol. The Hall–Kier alpha value is -2.92. The van der Waals surface area contributed by atoms with Crippen LogP contribution in [0.3, 0.4) is 0 Å². The van der Waals surface area contributed by atoms with Crippen molar-refractivity contribution in [3.8, 4) is 0 Å². The lowest BCUT2D eigenvalue weighted by Crippen LogP contribution is -2.59. The zero-order valence-electron chi connectivity index (χ0n) is 28.1. The Balaban J connectivity index is 1.89. The molecule has 2 fully saturated rings. The first-order valence-electron chi connectivity index (χ1n) is 16.9. The standard InChI is InChI=1S/C35H53NO13/c1-3-4-12-24-13-10-8-6-5-7-9-11-14-25(48-34-32(41)31(36)27(39)21-46-34)18-28-30(33(42)43)26(38)20-35(44,49-28)19-23(37)17-22(2)45-16-15-29(40)47-24/h5-11,14-16,22-28,30-32,34,37-39,41,44H,3-4,12-13,17-21,36H2,1-2H3,(H,42,43)/b6-5+,9-7+,10-8+,14-11+,16-15+/t22-,23-,24?,25-,26-,27+,28-,30+,31-,32-,34-,35+/m0/s1. The molecule has 0 aromatic carbocycles. The van der Waals surface area contributed by atoms with Gasteiger partial charge in [0.15, 0.2) is 12.1 Å². The van der Waals surface area contributed by atoms with Crippen LogP contribution in [0.25, 0.3) is 0 Å². The Morgan fingerprint density at radius 2 is 1.76 bits per heavy atom. The van der Waals surface area contributed by atoms with E-state index in [1.807, 2.05) is 12.2 Å². The minimum atomic E-state index is -2.12. The number of unbranched alkanes of at least 4 members (excludes halogenated alkanes) is 1. The van der Waals surface area contributed by atoms with Crippen LogP contribution in [0.1, 0.15) is 65.2 Å². The summed E-state index contributed by atoms with van der Waals surface area (Å²) in [5.74, 6) is -5.50. The fourth-order valence-corrected chi connectivity index (χ4v) is 6.00. The third-order valence-corrected chi connectivity index (χ3v) is 8.57.